The van der Waals surface area contributed by atoms with Gasteiger partial charge in [-0.2, -0.15) is 0 Å². The molecule has 1 amide bonds. The molecule has 0 aliphatic carbocycles. The molecule has 1 rings (SSSR count). The molecule has 0 aliphatic heterocycles. The smallest absolute Gasteiger partial charge is 0.306 e. The van der Waals surface area contributed by atoms with Crippen LogP contribution < -0.4 is 5.32 Å². The molecule has 1 unspecified atom stereocenters. The minimum absolute atomic E-state index is 0.0158. The van der Waals surface area contributed by atoms with E-state index in [1.165, 1.54) is 12.1 Å². The van der Waals surface area contributed by atoms with Crippen molar-refractivity contribution in [3.8, 4) is 0 Å². The molecule has 0 aromatic heterocycles. The highest BCUT2D eigenvalue weighted by atomic mass is 19.1. The highest BCUT2D eigenvalue weighted by molar-refractivity contribution is 5.94. The van der Waals surface area contributed by atoms with E-state index in [-0.39, 0.29) is 12.1 Å². The van der Waals surface area contributed by atoms with Gasteiger partial charge in [-0.3, -0.25) is 9.59 Å². The van der Waals surface area contributed by atoms with Crippen molar-refractivity contribution in [2.24, 2.45) is 5.92 Å². The second-order valence-electron chi connectivity index (χ2n) is 4.27. The average Bonchev–Trinajstić information content (AvgIpc) is 2.31. The van der Waals surface area contributed by atoms with Gasteiger partial charge in [-0.05, 0) is 25.5 Å². The zero-order valence-electron chi connectivity index (χ0n) is 10.4. The maximum Gasteiger partial charge on any atom is 0.306 e. The zero-order chi connectivity index (χ0) is 13.7. The summed E-state index contributed by atoms with van der Waals surface area (Å²) in [5, 5.41) is 11.2. The van der Waals surface area contributed by atoms with Crippen LogP contribution in [0.1, 0.15) is 29.3 Å². The Morgan fingerprint density at radius 2 is 2.11 bits per heavy atom. The molecule has 0 saturated heterocycles. The van der Waals surface area contributed by atoms with Gasteiger partial charge in [-0.25, -0.2) is 4.39 Å². The summed E-state index contributed by atoms with van der Waals surface area (Å²) in [6.45, 7) is 3.53. The van der Waals surface area contributed by atoms with Crippen molar-refractivity contribution in [2.75, 3.05) is 6.54 Å². The Bertz CT molecular complexity index is 460. The minimum Gasteiger partial charge on any atom is -0.481 e. The molecule has 1 aromatic carbocycles. The van der Waals surface area contributed by atoms with E-state index in [2.05, 4.69) is 5.32 Å². The molecule has 0 heterocycles. The van der Waals surface area contributed by atoms with E-state index >= 15 is 0 Å². The number of halogens is 1. The predicted octanol–water partition coefficient (Wildman–Crippen LogP) is 1.97. The predicted molar refractivity (Wildman–Crippen MR) is 64.9 cm³/mol. The molecule has 18 heavy (non-hydrogen) atoms. The fourth-order valence-electron chi connectivity index (χ4n) is 1.43. The number of carbonyl (C=O) groups is 2. The van der Waals surface area contributed by atoms with E-state index in [1.54, 1.807) is 19.9 Å². The van der Waals surface area contributed by atoms with E-state index in [0.29, 0.717) is 6.42 Å². The van der Waals surface area contributed by atoms with Crippen molar-refractivity contribution >= 4 is 11.9 Å². The van der Waals surface area contributed by atoms with Crippen LogP contribution in [0.5, 0.6) is 0 Å². The van der Waals surface area contributed by atoms with Gasteiger partial charge in [0.25, 0.3) is 5.91 Å². The molecule has 1 aromatic rings. The molecule has 0 spiro atoms. The largest absolute Gasteiger partial charge is 0.481 e. The standard InChI is InChI=1S/C13H16FNO3/c1-8-3-4-11(14)10(7-8)12(16)15-6-5-9(2)13(17)18/h3-4,7,9H,5-6H2,1-2H3,(H,15,16)(H,17,18). The number of carboxylic acid groups (broad SMARTS) is 1. The van der Waals surface area contributed by atoms with E-state index in [4.69, 9.17) is 5.11 Å². The summed E-state index contributed by atoms with van der Waals surface area (Å²) < 4.78 is 13.4. The van der Waals surface area contributed by atoms with Crippen LogP contribution in [-0.2, 0) is 4.79 Å². The number of carbonyl (C=O) groups excluding carboxylic acids is 1. The summed E-state index contributed by atoms with van der Waals surface area (Å²) in [6.07, 6.45) is 0.314. The Balaban J connectivity index is 2.55. The highest BCUT2D eigenvalue weighted by Crippen LogP contribution is 2.10. The van der Waals surface area contributed by atoms with Gasteiger partial charge in [-0.1, -0.05) is 18.6 Å². The summed E-state index contributed by atoms with van der Waals surface area (Å²) in [5.74, 6) is -2.54. The number of aryl methyl sites for hydroxylation is 1. The van der Waals surface area contributed by atoms with Crippen LogP contribution in [0.25, 0.3) is 0 Å². The van der Waals surface area contributed by atoms with Crippen molar-refractivity contribution in [2.45, 2.75) is 20.3 Å². The van der Waals surface area contributed by atoms with Gasteiger partial charge in [0.1, 0.15) is 5.82 Å². The van der Waals surface area contributed by atoms with E-state index in [9.17, 15) is 14.0 Å². The molecular weight excluding hydrogens is 237 g/mol. The second kappa shape index (κ2) is 6.14. The number of nitrogens with one attached hydrogen (secondary N) is 1. The van der Waals surface area contributed by atoms with Crippen molar-refractivity contribution in [1.82, 2.24) is 5.32 Å². The number of aliphatic carboxylic acids is 1. The van der Waals surface area contributed by atoms with Crippen LogP contribution in [0.15, 0.2) is 18.2 Å². The zero-order valence-corrected chi connectivity index (χ0v) is 10.4. The maximum absolute atomic E-state index is 13.4. The highest BCUT2D eigenvalue weighted by Gasteiger charge is 2.14. The van der Waals surface area contributed by atoms with Gasteiger partial charge >= 0.3 is 5.97 Å². The van der Waals surface area contributed by atoms with E-state index in [1.807, 2.05) is 0 Å². The van der Waals surface area contributed by atoms with Crippen molar-refractivity contribution in [3.63, 3.8) is 0 Å². The first kappa shape index (κ1) is 14.2. The second-order valence-corrected chi connectivity index (χ2v) is 4.27. The number of rotatable bonds is 5. The third kappa shape index (κ3) is 3.84. The number of hydrogen-bond donors (Lipinski definition) is 2. The summed E-state index contributed by atoms with van der Waals surface area (Å²) in [5.41, 5.74) is 0.776. The molecule has 5 heteroatoms. The van der Waals surface area contributed by atoms with Crippen LogP contribution in [0.2, 0.25) is 0 Å². The fourth-order valence-corrected chi connectivity index (χ4v) is 1.43. The van der Waals surface area contributed by atoms with E-state index in [0.717, 1.165) is 5.56 Å². The number of benzene rings is 1. The molecule has 0 bridgehead atoms. The van der Waals surface area contributed by atoms with Gasteiger partial charge in [-0.15, -0.1) is 0 Å². The monoisotopic (exact) mass is 253 g/mol. The normalized spacial score (nSPS) is 11.9. The third-order valence-electron chi connectivity index (χ3n) is 2.65. The molecule has 98 valence electrons. The lowest BCUT2D eigenvalue weighted by molar-refractivity contribution is -0.141. The number of amides is 1. The van der Waals surface area contributed by atoms with Crippen molar-refractivity contribution < 1.29 is 19.1 Å². The molecule has 2 N–H and O–H groups in total. The Kier molecular flexibility index (Phi) is 4.83. The summed E-state index contributed by atoms with van der Waals surface area (Å²) in [4.78, 5) is 22.2. The van der Waals surface area contributed by atoms with Gasteiger partial charge in [0.2, 0.25) is 0 Å². The Labute approximate surface area is 105 Å². The lowest BCUT2D eigenvalue weighted by Crippen LogP contribution is -2.27. The van der Waals surface area contributed by atoms with Crippen molar-refractivity contribution in [1.29, 1.82) is 0 Å². The number of carboxylic acids is 1. The lowest BCUT2D eigenvalue weighted by Gasteiger charge is -2.08. The van der Waals surface area contributed by atoms with Crippen LogP contribution in [0.3, 0.4) is 0 Å². The van der Waals surface area contributed by atoms with Crippen LogP contribution >= 0.6 is 0 Å². The van der Waals surface area contributed by atoms with Crippen molar-refractivity contribution in [3.05, 3.63) is 35.1 Å². The average molecular weight is 253 g/mol. The van der Waals surface area contributed by atoms with Crippen LogP contribution in [0, 0.1) is 18.7 Å². The van der Waals surface area contributed by atoms with Gasteiger partial charge < -0.3 is 10.4 Å². The van der Waals surface area contributed by atoms with Crippen LogP contribution in [-0.4, -0.2) is 23.5 Å². The van der Waals surface area contributed by atoms with Crippen LogP contribution in [0.4, 0.5) is 4.39 Å². The summed E-state index contributed by atoms with van der Waals surface area (Å²) in [6, 6.07) is 4.29. The number of hydrogen-bond acceptors (Lipinski definition) is 2. The SMILES string of the molecule is Cc1ccc(F)c(C(=O)NCCC(C)C(=O)O)c1. The molecule has 4 nitrogen and oxygen atoms in total. The first-order valence-electron chi connectivity index (χ1n) is 5.69. The summed E-state index contributed by atoms with van der Waals surface area (Å²) in [7, 11) is 0. The Morgan fingerprint density at radius 1 is 1.44 bits per heavy atom. The first-order chi connectivity index (χ1) is 8.41. The first-order valence-corrected chi connectivity index (χ1v) is 5.69. The maximum atomic E-state index is 13.4. The minimum atomic E-state index is -0.911. The summed E-state index contributed by atoms with van der Waals surface area (Å²) >= 11 is 0. The molecule has 0 aliphatic rings. The van der Waals surface area contributed by atoms with Gasteiger partial charge in [0.15, 0.2) is 0 Å². The fraction of sp³-hybridized carbons (Fsp3) is 0.385. The Morgan fingerprint density at radius 3 is 2.72 bits per heavy atom. The lowest BCUT2D eigenvalue weighted by atomic mass is 10.1. The van der Waals surface area contributed by atoms with Gasteiger partial charge in [0.05, 0.1) is 11.5 Å². The quantitative estimate of drug-likeness (QED) is 0.843. The Hall–Kier alpha value is -1.91. The molecule has 0 fully saturated rings. The molecule has 0 saturated carbocycles. The van der Waals surface area contributed by atoms with Gasteiger partial charge in [0, 0.05) is 6.54 Å². The van der Waals surface area contributed by atoms with E-state index < -0.39 is 23.6 Å². The molecular formula is C13H16FNO3. The third-order valence-corrected chi connectivity index (χ3v) is 2.65. The molecule has 0 radical (unpaired) electrons. The topological polar surface area (TPSA) is 66.4 Å². The molecule has 1 atom stereocenters.